The van der Waals surface area contributed by atoms with E-state index < -0.39 is 11.6 Å². The van der Waals surface area contributed by atoms with E-state index in [9.17, 15) is 18.4 Å². The van der Waals surface area contributed by atoms with E-state index in [2.05, 4.69) is 15.5 Å². The Morgan fingerprint density at radius 1 is 0.971 bits per heavy atom. The summed E-state index contributed by atoms with van der Waals surface area (Å²) >= 11 is 0. The quantitative estimate of drug-likeness (QED) is 0.362. The van der Waals surface area contributed by atoms with Gasteiger partial charge in [-0.25, -0.2) is 8.78 Å². The van der Waals surface area contributed by atoms with Crippen LogP contribution in [0.15, 0.2) is 72.8 Å². The largest absolute Gasteiger partial charge is 0.397 e. The van der Waals surface area contributed by atoms with Crippen molar-refractivity contribution in [3.63, 3.8) is 0 Å². The number of nitrogens with one attached hydrogen (secondary N) is 2. The molecule has 1 heterocycles. The van der Waals surface area contributed by atoms with Gasteiger partial charge in [-0.15, -0.1) is 0 Å². The average molecular weight is 477 g/mol. The first-order chi connectivity index (χ1) is 16.8. The summed E-state index contributed by atoms with van der Waals surface area (Å²) in [7, 11) is 1.94. The monoisotopic (exact) mass is 476 g/mol. The fourth-order valence-electron chi connectivity index (χ4n) is 4.22. The van der Waals surface area contributed by atoms with Gasteiger partial charge < -0.3 is 21.3 Å². The third-order valence-corrected chi connectivity index (χ3v) is 6.04. The van der Waals surface area contributed by atoms with Crippen LogP contribution in [-0.4, -0.2) is 36.9 Å². The molecule has 3 aromatic rings. The van der Waals surface area contributed by atoms with Gasteiger partial charge in [0.25, 0.3) is 0 Å². The van der Waals surface area contributed by atoms with Crippen molar-refractivity contribution < 1.29 is 18.4 Å². The highest BCUT2D eigenvalue weighted by Gasteiger charge is 2.37. The maximum absolute atomic E-state index is 13.5. The number of nitrogens with two attached hydrogens (primary N) is 1. The minimum absolute atomic E-state index is 0.0623. The van der Waals surface area contributed by atoms with Gasteiger partial charge in [0.05, 0.1) is 17.3 Å². The summed E-state index contributed by atoms with van der Waals surface area (Å²) in [4.78, 5) is 27.2. The molecule has 35 heavy (non-hydrogen) atoms. The van der Waals surface area contributed by atoms with E-state index in [1.54, 1.807) is 30.3 Å². The fourth-order valence-corrected chi connectivity index (χ4v) is 4.22. The molecular weight excluding hydrogens is 450 g/mol. The Morgan fingerprint density at radius 3 is 2.43 bits per heavy atom. The summed E-state index contributed by atoms with van der Waals surface area (Å²) in [6, 6.07) is 18.0. The molecule has 0 radical (unpaired) electrons. The van der Waals surface area contributed by atoms with Crippen molar-refractivity contribution in [2.45, 2.75) is 5.92 Å². The highest BCUT2D eigenvalue weighted by molar-refractivity contribution is 6.03. The second-order valence-electron chi connectivity index (χ2n) is 8.63. The van der Waals surface area contributed by atoms with Gasteiger partial charge in [-0.2, -0.15) is 0 Å². The van der Waals surface area contributed by atoms with Gasteiger partial charge in [0.1, 0.15) is 0 Å². The SMILES string of the molecule is CN1C[C@H](C(=O)Nc2ccc(F)c(F)c2)[C@@H](c2ccc(/C=C/C(=O)Nc3ccccc3N)cc2)C1. The van der Waals surface area contributed by atoms with Gasteiger partial charge in [0, 0.05) is 36.8 Å². The number of carbonyl (C=O) groups excluding carboxylic acids is 2. The van der Waals surface area contributed by atoms with Gasteiger partial charge >= 0.3 is 0 Å². The Morgan fingerprint density at radius 2 is 1.71 bits per heavy atom. The number of halogens is 2. The molecule has 3 aromatic carbocycles. The number of hydrogen-bond acceptors (Lipinski definition) is 4. The molecule has 1 aliphatic rings. The van der Waals surface area contributed by atoms with Crippen molar-refractivity contribution >= 4 is 35.0 Å². The van der Waals surface area contributed by atoms with Crippen LogP contribution in [0.3, 0.4) is 0 Å². The second-order valence-corrected chi connectivity index (χ2v) is 8.63. The number of hydrogen-bond donors (Lipinski definition) is 3. The molecule has 1 saturated heterocycles. The van der Waals surface area contributed by atoms with Crippen LogP contribution in [0.5, 0.6) is 0 Å². The molecule has 8 heteroatoms. The van der Waals surface area contributed by atoms with Crippen molar-refractivity contribution in [1.29, 1.82) is 0 Å². The lowest BCUT2D eigenvalue weighted by Crippen LogP contribution is -2.28. The normalized spacial score (nSPS) is 18.0. The molecule has 0 bridgehead atoms. The topological polar surface area (TPSA) is 87.5 Å². The molecule has 0 aromatic heterocycles. The van der Waals surface area contributed by atoms with Gasteiger partial charge in [-0.3, -0.25) is 9.59 Å². The predicted molar refractivity (Wildman–Crippen MR) is 134 cm³/mol. The molecule has 0 aliphatic carbocycles. The first-order valence-electron chi connectivity index (χ1n) is 11.2. The zero-order valence-electron chi connectivity index (χ0n) is 19.2. The highest BCUT2D eigenvalue weighted by Crippen LogP contribution is 2.33. The van der Waals surface area contributed by atoms with E-state index >= 15 is 0 Å². The summed E-state index contributed by atoms with van der Waals surface area (Å²) < 4.78 is 26.7. The smallest absolute Gasteiger partial charge is 0.248 e. The van der Waals surface area contributed by atoms with Crippen LogP contribution in [0.1, 0.15) is 17.0 Å². The van der Waals surface area contributed by atoms with Crippen LogP contribution in [-0.2, 0) is 9.59 Å². The summed E-state index contributed by atoms with van der Waals surface area (Å²) in [5, 5.41) is 5.44. The van der Waals surface area contributed by atoms with E-state index in [-0.39, 0.29) is 29.3 Å². The zero-order valence-corrected chi connectivity index (χ0v) is 19.2. The molecule has 2 amide bonds. The molecule has 0 spiro atoms. The minimum atomic E-state index is -1.01. The van der Waals surface area contributed by atoms with Gasteiger partial charge in [0.2, 0.25) is 11.8 Å². The van der Waals surface area contributed by atoms with E-state index in [1.165, 1.54) is 12.1 Å². The molecule has 2 atom stereocenters. The molecule has 180 valence electrons. The fraction of sp³-hybridized carbons (Fsp3) is 0.185. The second kappa shape index (κ2) is 10.5. The number of rotatable bonds is 6. The first-order valence-corrected chi connectivity index (χ1v) is 11.2. The van der Waals surface area contributed by atoms with Gasteiger partial charge in [-0.05, 0) is 48.5 Å². The van der Waals surface area contributed by atoms with Crippen molar-refractivity contribution in [1.82, 2.24) is 4.90 Å². The van der Waals surface area contributed by atoms with Crippen LogP contribution >= 0.6 is 0 Å². The summed E-state index contributed by atoms with van der Waals surface area (Å²) in [6.45, 7) is 1.23. The average Bonchev–Trinajstić information content (AvgIpc) is 3.24. The van der Waals surface area contributed by atoms with Crippen molar-refractivity contribution in [3.8, 4) is 0 Å². The maximum Gasteiger partial charge on any atom is 0.248 e. The molecule has 0 saturated carbocycles. The van der Waals surface area contributed by atoms with Gasteiger partial charge in [0.15, 0.2) is 11.6 Å². The van der Waals surface area contributed by atoms with Crippen LogP contribution < -0.4 is 16.4 Å². The number of carbonyl (C=O) groups is 2. The lowest BCUT2D eigenvalue weighted by Gasteiger charge is -2.19. The van der Waals surface area contributed by atoms with Crippen molar-refractivity contribution in [2.24, 2.45) is 5.92 Å². The molecule has 6 nitrogen and oxygen atoms in total. The standard InChI is InChI=1S/C27H26F2N4O2/c1-33-15-20(21(16-33)27(35)31-19-11-12-22(28)23(29)14-19)18-9-6-17(7-10-18)8-13-26(34)32-25-5-3-2-4-24(25)30/h2-14,20-21H,15-16,30H2,1H3,(H,31,35)(H,32,34)/b13-8+/t20-,21+/m1/s1. The third-order valence-electron chi connectivity index (χ3n) is 6.04. The number of likely N-dealkylation sites (N-methyl/N-ethyl adjacent to an activating group) is 1. The van der Waals surface area contributed by atoms with Crippen LogP contribution in [0.2, 0.25) is 0 Å². The molecule has 4 rings (SSSR count). The maximum atomic E-state index is 13.5. The zero-order chi connectivity index (χ0) is 24.9. The Balaban J connectivity index is 1.41. The lowest BCUT2D eigenvalue weighted by atomic mass is 9.88. The van der Waals surface area contributed by atoms with E-state index in [0.717, 1.165) is 23.3 Å². The highest BCUT2D eigenvalue weighted by atomic mass is 19.2. The third kappa shape index (κ3) is 5.91. The van der Waals surface area contributed by atoms with Crippen molar-refractivity contribution in [3.05, 3.63) is 95.6 Å². The lowest BCUT2D eigenvalue weighted by molar-refractivity contribution is -0.119. The number of benzene rings is 3. The molecule has 0 unspecified atom stereocenters. The van der Waals surface area contributed by atoms with Crippen LogP contribution in [0.25, 0.3) is 6.08 Å². The molecule has 4 N–H and O–H groups in total. The summed E-state index contributed by atoms with van der Waals surface area (Å²) in [5.41, 5.74) is 8.93. The molecule has 1 fully saturated rings. The van der Waals surface area contributed by atoms with Crippen molar-refractivity contribution in [2.75, 3.05) is 36.5 Å². The van der Waals surface area contributed by atoms with Gasteiger partial charge in [-0.1, -0.05) is 36.4 Å². The number of nitrogens with zero attached hydrogens (tertiary/aromatic N) is 1. The molecular formula is C27H26F2N4O2. The number of amides is 2. The van der Waals surface area contributed by atoms with E-state index in [4.69, 9.17) is 5.73 Å². The predicted octanol–water partition coefficient (Wildman–Crippen LogP) is 4.48. The Kier molecular flexibility index (Phi) is 7.22. The number of likely N-dealkylation sites (tertiary alicyclic amines) is 1. The Labute approximate surface area is 202 Å². The summed E-state index contributed by atoms with van der Waals surface area (Å²) in [5.74, 6) is -2.92. The molecule has 1 aliphatic heterocycles. The number of nitrogen functional groups attached to an aromatic ring is 1. The number of para-hydroxylation sites is 2. The van der Waals surface area contributed by atoms with Crippen LogP contribution in [0, 0.1) is 17.6 Å². The van der Waals surface area contributed by atoms with Crippen LogP contribution in [0.4, 0.5) is 25.8 Å². The minimum Gasteiger partial charge on any atom is -0.397 e. The van der Waals surface area contributed by atoms with E-state index in [0.29, 0.717) is 24.5 Å². The number of anilines is 3. The van der Waals surface area contributed by atoms with E-state index in [1.807, 2.05) is 31.3 Å². The Hall–Kier alpha value is -4.04. The Bertz CT molecular complexity index is 1260. The first kappa shape index (κ1) is 24.1. The summed E-state index contributed by atoms with van der Waals surface area (Å²) in [6.07, 6.45) is 3.13.